The third-order valence-corrected chi connectivity index (χ3v) is 6.26. The van der Waals surface area contributed by atoms with E-state index < -0.39 is 0 Å². The number of aromatic nitrogens is 5. The zero-order valence-electron chi connectivity index (χ0n) is 18.1. The van der Waals surface area contributed by atoms with Gasteiger partial charge in [0, 0.05) is 21.5 Å². The third-order valence-electron chi connectivity index (χ3n) is 5.93. The number of rotatable bonds is 4. The predicted molar refractivity (Wildman–Crippen MR) is 135 cm³/mol. The van der Waals surface area contributed by atoms with Crippen LogP contribution in [0.5, 0.6) is 0 Å². The van der Waals surface area contributed by atoms with Crippen molar-refractivity contribution < 1.29 is 4.79 Å². The molecular formula is C26H19ClN6O. The first kappa shape index (κ1) is 20.3. The Morgan fingerprint density at radius 3 is 2.71 bits per heavy atom. The van der Waals surface area contributed by atoms with Crippen molar-refractivity contribution in [1.82, 2.24) is 24.7 Å². The predicted octanol–water partition coefficient (Wildman–Crippen LogP) is 5.67. The van der Waals surface area contributed by atoms with Crippen LogP contribution >= 0.6 is 11.6 Å². The smallest absolute Gasteiger partial charge is 0.214 e. The van der Waals surface area contributed by atoms with E-state index in [4.69, 9.17) is 17.3 Å². The van der Waals surface area contributed by atoms with Gasteiger partial charge in [-0.2, -0.15) is 5.10 Å². The molecule has 3 heterocycles. The van der Waals surface area contributed by atoms with Crippen molar-refractivity contribution in [1.29, 1.82) is 0 Å². The van der Waals surface area contributed by atoms with Crippen molar-refractivity contribution >= 4 is 45.1 Å². The van der Waals surface area contributed by atoms with E-state index in [1.165, 1.54) is 6.20 Å². The van der Waals surface area contributed by atoms with E-state index in [1.54, 1.807) is 4.68 Å². The lowest BCUT2D eigenvalue weighted by Crippen LogP contribution is -2.07. The number of fused-ring (bicyclic) bond motifs is 2. The molecule has 166 valence electrons. The van der Waals surface area contributed by atoms with Gasteiger partial charge >= 0.3 is 0 Å². The van der Waals surface area contributed by atoms with Crippen molar-refractivity contribution in [2.24, 2.45) is 0 Å². The molecule has 0 spiro atoms. The fraction of sp³-hybridized carbons (Fsp3) is 0.0385. The highest BCUT2D eigenvalue weighted by Gasteiger charge is 2.20. The number of imidazole rings is 1. The second kappa shape index (κ2) is 7.60. The van der Waals surface area contributed by atoms with Gasteiger partial charge in [-0.1, -0.05) is 41.9 Å². The molecule has 0 saturated heterocycles. The first-order valence-corrected chi connectivity index (χ1v) is 11.1. The summed E-state index contributed by atoms with van der Waals surface area (Å²) in [5, 5.41) is 5.97. The van der Waals surface area contributed by atoms with Crippen molar-refractivity contribution in [2.45, 2.75) is 6.92 Å². The molecule has 6 rings (SSSR count). The normalized spacial score (nSPS) is 11.5. The van der Waals surface area contributed by atoms with Gasteiger partial charge in [0.05, 0.1) is 34.2 Å². The maximum Gasteiger partial charge on any atom is 0.214 e. The fourth-order valence-electron chi connectivity index (χ4n) is 4.25. The summed E-state index contributed by atoms with van der Waals surface area (Å²) in [6, 6.07) is 21.1. The number of H-pyrrole nitrogens is 2. The van der Waals surface area contributed by atoms with Crippen LogP contribution in [0.2, 0.25) is 5.02 Å². The number of hydrogen-bond acceptors (Lipinski definition) is 4. The molecule has 0 aliphatic carbocycles. The van der Waals surface area contributed by atoms with Crippen molar-refractivity contribution in [3.05, 3.63) is 95.0 Å². The summed E-state index contributed by atoms with van der Waals surface area (Å²) in [4.78, 5) is 24.1. The average Bonchev–Trinajstić information content (AvgIpc) is 3.53. The third kappa shape index (κ3) is 3.25. The lowest BCUT2D eigenvalue weighted by molar-refractivity contribution is 0.103. The Kier molecular flexibility index (Phi) is 4.53. The number of carbonyl (C=O) groups is 1. The average molecular weight is 467 g/mol. The van der Waals surface area contributed by atoms with Crippen molar-refractivity contribution in [3.8, 4) is 16.8 Å². The number of nitrogens with zero attached hydrogens (tertiary/aromatic N) is 3. The molecule has 0 atom stereocenters. The number of halogens is 1. The van der Waals surface area contributed by atoms with Crippen LogP contribution in [0.1, 0.15) is 21.9 Å². The van der Waals surface area contributed by atoms with E-state index in [-0.39, 0.29) is 11.6 Å². The molecule has 0 saturated carbocycles. The maximum absolute atomic E-state index is 13.3. The molecule has 8 heteroatoms. The number of benzene rings is 3. The lowest BCUT2D eigenvalue weighted by atomic mass is 10.0. The molecular weight excluding hydrogens is 448 g/mol. The molecule has 3 aromatic heterocycles. The van der Waals surface area contributed by atoms with Crippen LogP contribution < -0.4 is 5.73 Å². The number of nitrogens with one attached hydrogen (secondary N) is 2. The van der Waals surface area contributed by atoms with E-state index in [2.05, 4.69) is 20.1 Å². The molecule has 4 N–H and O–H groups in total. The van der Waals surface area contributed by atoms with Crippen molar-refractivity contribution in [3.63, 3.8) is 0 Å². The van der Waals surface area contributed by atoms with Gasteiger partial charge in [-0.25, -0.2) is 9.67 Å². The largest absolute Gasteiger partial charge is 0.383 e. The molecule has 0 amide bonds. The SMILES string of the molecule is Cc1nc2ccc(-n3ncc(C(=O)c4cc5ccc(-c6ccccc6Cl)cc5[nH]4)c3N)cc2[nH]1. The first-order chi connectivity index (χ1) is 16.5. The summed E-state index contributed by atoms with van der Waals surface area (Å²) < 4.78 is 1.56. The Hall–Kier alpha value is -4.36. The number of aryl methyl sites for hydroxylation is 1. The van der Waals surface area contributed by atoms with Crippen LogP contribution in [0.4, 0.5) is 5.82 Å². The minimum absolute atomic E-state index is 0.224. The minimum Gasteiger partial charge on any atom is -0.383 e. The minimum atomic E-state index is -0.224. The highest BCUT2D eigenvalue weighted by molar-refractivity contribution is 6.33. The Bertz CT molecular complexity index is 1720. The van der Waals surface area contributed by atoms with E-state index >= 15 is 0 Å². The zero-order chi connectivity index (χ0) is 23.4. The number of aromatic amines is 2. The summed E-state index contributed by atoms with van der Waals surface area (Å²) in [7, 11) is 0. The highest BCUT2D eigenvalue weighted by atomic mass is 35.5. The summed E-state index contributed by atoms with van der Waals surface area (Å²) in [6.45, 7) is 1.90. The van der Waals surface area contributed by atoms with E-state index in [0.717, 1.165) is 44.6 Å². The van der Waals surface area contributed by atoms with E-state index in [9.17, 15) is 4.79 Å². The van der Waals surface area contributed by atoms with Gasteiger partial charge in [0.15, 0.2) is 0 Å². The van der Waals surface area contributed by atoms with Gasteiger partial charge < -0.3 is 15.7 Å². The number of nitrogens with two attached hydrogens (primary N) is 1. The Morgan fingerprint density at radius 2 is 1.85 bits per heavy atom. The Labute approximate surface area is 199 Å². The molecule has 0 unspecified atom stereocenters. The van der Waals surface area contributed by atoms with Crippen LogP contribution in [0.25, 0.3) is 38.8 Å². The molecule has 0 bridgehead atoms. The lowest BCUT2D eigenvalue weighted by Gasteiger charge is -2.05. The van der Waals surface area contributed by atoms with Crippen LogP contribution in [0, 0.1) is 6.92 Å². The summed E-state index contributed by atoms with van der Waals surface area (Å²) in [5.74, 6) is 0.877. The number of nitrogen functional groups attached to an aromatic ring is 1. The standard InChI is InChI=1S/C26H19ClN6O/c1-14-30-21-9-8-17(12-23(21)31-14)33-26(28)19(13-29-33)25(34)24-11-16-7-6-15(10-22(16)32-24)18-4-2-3-5-20(18)27/h2-13,32H,28H2,1H3,(H,30,31). The molecule has 0 radical (unpaired) electrons. The summed E-state index contributed by atoms with van der Waals surface area (Å²) in [6.07, 6.45) is 1.50. The Balaban J connectivity index is 1.36. The number of anilines is 1. The zero-order valence-corrected chi connectivity index (χ0v) is 18.9. The van der Waals surface area contributed by atoms with Gasteiger partial charge in [-0.15, -0.1) is 0 Å². The molecule has 34 heavy (non-hydrogen) atoms. The molecule has 0 fully saturated rings. The number of ketones is 1. The Morgan fingerprint density at radius 1 is 1.00 bits per heavy atom. The van der Waals surface area contributed by atoms with Crippen LogP contribution in [-0.4, -0.2) is 30.5 Å². The quantitative estimate of drug-likeness (QED) is 0.291. The van der Waals surface area contributed by atoms with Gasteiger partial charge in [0.1, 0.15) is 11.6 Å². The second-order valence-electron chi connectivity index (χ2n) is 8.17. The molecule has 3 aromatic carbocycles. The maximum atomic E-state index is 13.3. The number of carbonyl (C=O) groups excluding carboxylic acids is 1. The summed E-state index contributed by atoms with van der Waals surface area (Å²) >= 11 is 6.36. The molecule has 0 aliphatic heterocycles. The number of hydrogen-bond donors (Lipinski definition) is 3. The van der Waals surface area contributed by atoms with Crippen molar-refractivity contribution in [2.75, 3.05) is 5.73 Å². The first-order valence-electron chi connectivity index (χ1n) is 10.7. The van der Waals surface area contributed by atoms with E-state index in [0.29, 0.717) is 16.3 Å². The fourth-order valence-corrected chi connectivity index (χ4v) is 4.50. The van der Waals surface area contributed by atoms with Gasteiger partial charge in [0.25, 0.3) is 0 Å². The molecule has 0 aliphatic rings. The van der Waals surface area contributed by atoms with Crippen LogP contribution in [-0.2, 0) is 0 Å². The van der Waals surface area contributed by atoms with Gasteiger partial charge in [0.2, 0.25) is 5.78 Å². The van der Waals surface area contributed by atoms with Crippen LogP contribution in [0.15, 0.2) is 72.9 Å². The van der Waals surface area contributed by atoms with Crippen LogP contribution in [0.3, 0.4) is 0 Å². The highest BCUT2D eigenvalue weighted by Crippen LogP contribution is 2.31. The van der Waals surface area contributed by atoms with Gasteiger partial charge in [-0.3, -0.25) is 4.79 Å². The van der Waals surface area contributed by atoms with E-state index in [1.807, 2.05) is 73.7 Å². The molecule has 6 aromatic rings. The monoisotopic (exact) mass is 466 g/mol. The van der Waals surface area contributed by atoms with Gasteiger partial charge in [-0.05, 0) is 48.9 Å². The molecule has 7 nitrogen and oxygen atoms in total. The second-order valence-corrected chi connectivity index (χ2v) is 8.58. The topological polar surface area (TPSA) is 105 Å². The summed E-state index contributed by atoms with van der Waals surface area (Å²) in [5.41, 5.74) is 12.4.